The van der Waals surface area contributed by atoms with Crippen LogP contribution in [0.4, 0.5) is 26.3 Å². The number of alkyl halides is 6. The SMILES string of the molecule is O=C(Cc1cccc(C(F)(F)F)n1)NS(=O)(=O)c1c(Cl)cccc1C(F)(F)F. The van der Waals surface area contributed by atoms with Gasteiger partial charge in [-0.05, 0) is 24.3 Å². The van der Waals surface area contributed by atoms with Crippen molar-refractivity contribution in [2.24, 2.45) is 0 Å². The molecule has 28 heavy (non-hydrogen) atoms. The Labute approximate surface area is 159 Å². The third-order valence-corrected chi connectivity index (χ3v) is 5.13. The molecule has 0 fully saturated rings. The Balaban J connectivity index is 2.30. The highest BCUT2D eigenvalue weighted by atomic mass is 35.5. The molecule has 0 saturated heterocycles. The summed E-state index contributed by atoms with van der Waals surface area (Å²) >= 11 is 5.57. The van der Waals surface area contributed by atoms with Gasteiger partial charge in [0, 0.05) is 0 Å². The molecule has 1 amide bonds. The molecule has 0 bridgehead atoms. The molecule has 13 heteroatoms. The van der Waals surface area contributed by atoms with Crippen LogP contribution in [0.5, 0.6) is 0 Å². The maximum atomic E-state index is 13.0. The van der Waals surface area contributed by atoms with Crippen molar-refractivity contribution < 1.29 is 39.6 Å². The number of aromatic nitrogens is 1. The van der Waals surface area contributed by atoms with E-state index < -0.39 is 61.6 Å². The number of amides is 1. The fourth-order valence-electron chi connectivity index (χ4n) is 2.14. The second-order valence-electron chi connectivity index (χ2n) is 5.33. The molecule has 0 aliphatic rings. The topological polar surface area (TPSA) is 76.1 Å². The highest BCUT2D eigenvalue weighted by molar-refractivity contribution is 7.90. The van der Waals surface area contributed by atoms with Crippen LogP contribution in [-0.2, 0) is 33.6 Å². The van der Waals surface area contributed by atoms with Crippen molar-refractivity contribution in [3.8, 4) is 0 Å². The van der Waals surface area contributed by atoms with E-state index in [1.807, 2.05) is 0 Å². The summed E-state index contributed by atoms with van der Waals surface area (Å²) in [5, 5.41) is -0.785. The number of nitrogens with zero attached hydrogens (tertiary/aromatic N) is 1. The Hall–Kier alpha value is -2.34. The van der Waals surface area contributed by atoms with Crippen molar-refractivity contribution in [1.82, 2.24) is 9.71 Å². The summed E-state index contributed by atoms with van der Waals surface area (Å²) in [6, 6.07) is 4.82. The van der Waals surface area contributed by atoms with E-state index in [1.165, 1.54) is 4.72 Å². The van der Waals surface area contributed by atoms with Gasteiger partial charge in [0.2, 0.25) is 5.91 Å². The van der Waals surface area contributed by atoms with Gasteiger partial charge < -0.3 is 0 Å². The second-order valence-corrected chi connectivity index (χ2v) is 7.36. The van der Waals surface area contributed by atoms with Crippen LogP contribution in [0.2, 0.25) is 5.02 Å². The zero-order valence-corrected chi connectivity index (χ0v) is 15.0. The minimum atomic E-state index is -5.08. The van der Waals surface area contributed by atoms with E-state index in [1.54, 1.807) is 0 Å². The predicted molar refractivity (Wildman–Crippen MR) is 84.7 cm³/mol. The molecular weight excluding hydrogens is 438 g/mol. The van der Waals surface area contributed by atoms with Gasteiger partial charge in [0.25, 0.3) is 10.0 Å². The van der Waals surface area contributed by atoms with Gasteiger partial charge in [0.1, 0.15) is 10.6 Å². The first-order valence-electron chi connectivity index (χ1n) is 7.16. The Kier molecular flexibility index (Phi) is 5.95. The van der Waals surface area contributed by atoms with E-state index >= 15 is 0 Å². The first kappa shape index (κ1) is 22.0. The lowest BCUT2D eigenvalue weighted by Gasteiger charge is -2.15. The zero-order chi connectivity index (χ0) is 21.3. The second kappa shape index (κ2) is 7.59. The Morgan fingerprint density at radius 1 is 1.00 bits per heavy atom. The monoisotopic (exact) mass is 446 g/mol. The molecule has 1 N–H and O–H groups in total. The maximum absolute atomic E-state index is 13.0. The number of carbonyl (C=O) groups is 1. The molecule has 0 radical (unpaired) electrons. The van der Waals surface area contributed by atoms with E-state index in [0.717, 1.165) is 24.3 Å². The number of halogens is 7. The zero-order valence-electron chi connectivity index (χ0n) is 13.4. The lowest BCUT2D eigenvalue weighted by atomic mass is 10.2. The number of hydrogen-bond acceptors (Lipinski definition) is 4. The number of carbonyl (C=O) groups excluding carboxylic acids is 1. The molecule has 1 aromatic carbocycles. The fraction of sp³-hybridized carbons (Fsp3) is 0.200. The highest BCUT2D eigenvalue weighted by Crippen LogP contribution is 2.37. The molecule has 1 heterocycles. The fourth-order valence-corrected chi connectivity index (χ4v) is 3.89. The van der Waals surface area contributed by atoms with Crippen LogP contribution in [0.1, 0.15) is 17.0 Å². The molecule has 1 aromatic heterocycles. The van der Waals surface area contributed by atoms with E-state index in [4.69, 9.17) is 11.6 Å². The summed E-state index contributed by atoms with van der Waals surface area (Å²) in [5.41, 5.74) is -3.35. The number of benzene rings is 1. The molecular formula is C15H9ClF6N2O3S. The normalized spacial score (nSPS) is 12.7. The average molecular weight is 447 g/mol. The van der Waals surface area contributed by atoms with Crippen LogP contribution < -0.4 is 4.72 Å². The van der Waals surface area contributed by atoms with Crippen LogP contribution in [-0.4, -0.2) is 19.3 Å². The maximum Gasteiger partial charge on any atom is 0.433 e. The Morgan fingerprint density at radius 3 is 2.18 bits per heavy atom. The molecule has 0 saturated carbocycles. The predicted octanol–water partition coefficient (Wildman–Crippen LogP) is 3.82. The van der Waals surface area contributed by atoms with Crippen LogP contribution in [0.3, 0.4) is 0 Å². The molecule has 0 aliphatic carbocycles. The minimum absolute atomic E-state index is 0.433. The summed E-state index contributed by atoms with van der Waals surface area (Å²) in [6.07, 6.45) is -10.8. The van der Waals surface area contributed by atoms with Crippen molar-refractivity contribution in [2.75, 3.05) is 0 Å². The lowest BCUT2D eigenvalue weighted by molar-refractivity contribution is -0.141. The summed E-state index contributed by atoms with van der Waals surface area (Å²) in [6.45, 7) is 0. The van der Waals surface area contributed by atoms with Crippen molar-refractivity contribution in [3.63, 3.8) is 0 Å². The number of rotatable bonds is 4. The van der Waals surface area contributed by atoms with E-state index in [0.29, 0.717) is 12.1 Å². The van der Waals surface area contributed by atoms with Gasteiger partial charge in [-0.3, -0.25) is 4.79 Å². The van der Waals surface area contributed by atoms with Crippen molar-refractivity contribution in [2.45, 2.75) is 23.7 Å². The molecule has 0 spiro atoms. The average Bonchev–Trinajstić information content (AvgIpc) is 2.52. The summed E-state index contributed by atoms with van der Waals surface area (Å²) in [5.74, 6) is -1.39. The van der Waals surface area contributed by atoms with Crippen LogP contribution in [0.15, 0.2) is 41.3 Å². The van der Waals surface area contributed by atoms with Crippen molar-refractivity contribution in [1.29, 1.82) is 0 Å². The number of pyridine rings is 1. The largest absolute Gasteiger partial charge is 0.433 e. The molecule has 152 valence electrons. The Bertz CT molecular complexity index is 1010. The smallest absolute Gasteiger partial charge is 0.274 e. The lowest BCUT2D eigenvalue weighted by Crippen LogP contribution is -2.33. The minimum Gasteiger partial charge on any atom is -0.274 e. The summed E-state index contributed by atoms with van der Waals surface area (Å²) in [7, 11) is -5.06. The standard InChI is InChI=1S/C15H9ClF6N2O3S/c16-10-5-2-4-9(14(17,18)19)13(10)28(26,27)24-12(25)7-8-3-1-6-11(23-8)15(20,21)22/h1-6H,7H2,(H,24,25). The molecule has 5 nitrogen and oxygen atoms in total. The van der Waals surface area contributed by atoms with E-state index in [-0.39, 0.29) is 0 Å². The van der Waals surface area contributed by atoms with Gasteiger partial charge >= 0.3 is 12.4 Å². The van der Waals surface area contributed by atoms with Gasteiger partial charge in [0.05, 0.1) is 22.7 Å². The molecule has 0 unspecified atom stereocenters. The first-order chi connectivity index (χ1) is 12.7. The van der Waals surface area contributed by atoms with Crippen LogP contribution in [0.25, 0.3) is 0 Å². The number of nitrogens with one attached hydrogen (secondary N) is 1. The van der Waals surface area contributed by atoms with Gasteiger partial charge in [-0.1, -0.05) is 23.7 Å². The third kappa shape index (κ3) is 5.13. The molecule has 0 aliphatic heterocycles. The molecule has 2 rings (SSSR count). The first-order valence-corrected chi connectivity index (χ1v) is 9.02. The van der Waals surface area contributed by atoms with Gasteiger partial charge in [0.15, 0.2) is 0 Å². The number of sulfonamides is 1. The molecule has 0 atom stereocenters. The quantitative estimate of drug-likeness (QED) is 0.724. The summed E-state index contributed by atoms with van der Waals surface area (Å²) < 4.78 is 103. The molecule has 2 aromatic rings. The van der Waals surface area contributed by atoms with Gasteiger partial charge in [-0.25, -0.2) is 18.1 Å². The van der Waals surface area contributed by atoms with Crippen molar-refractivity contribution >= 4 is 27.5 Å². The van der Waals surface area contributed by atoms with Crippen LogP contribution in [0, 0.1) is 0 Å². The third-order valence-electron chi connectivity index (χ3n) is 3.23. The highest BCUT2D eigenvalue weighted by Gasteiger charge is 2.39. The van der Waals surface area contributed by atoms with Crippen LogP contribution >= 0.6 is 11.6 Å². The number of hydrogen-bond donors (Lipinski definition) is 1. The van der Waals surface area contributed by atoms with Gasteiger partial charge in [-0.2, -0.15) is 26.3 Å². The Morgan fingerprint density at radius 2 is 1.61 bits per heavy atom. The van der Waals surface area contributed by atoms with Gasteiger partial charge in [-0.15, -0.1) is 0 Å². The summed E-state index contributed by atoms with van der Waals surface area (Å²) in [4.78, 5) is 13.7. The van der Waals surface area contributed by atoms with E-state index in [2.05, 4.69) is 4.98 Å². The van der Waals surface area contributed by atoms with E-state index in [9.17, 15) is 39.6 Å². The van der Waals surface area contributed by atoms with Crippen molar-refractivity contribution in [3.05, 3.63) is 58.4 Å².